The Balaban J connectivity index is 1.40. The number of carbonyl (C=O) groups excluding carboxylic acids is 1. The standard InChI is InChI=1S/C23H20N4O4/c28-19(29)14-31-17-8-6-15(7-9-17)10-12-25-23(30)18-11-13-24-22-20(18)26-21(27-22)16-4-2-1-3-5-16/h1-9,11,13H,10,12,14H2,(H,25,30)(H,28,29)(H,24,26,27). The van der Waals surface area contributed by atoms with Crippen LogP contribution in [0.4, 0.5) is 0 Å². The molecule has 1 amide bonds. The minimum absolute atomic E-state index is 0.222. The van der Waals surface area contributed by atoms with Crippen LogP contribution in [0.5, 0.6) is 5.75 Å². The largest absolute Gasteiger partial charge is 0.482 e. The first-order valence-electron chi connectivity index (χ1n) is 9.72. The van der Waals surface area contributed by atoms with E-state index in [-0.39, 0.29) is 12.5 Å². The zero-order valence-corrected chi connectivity index (χ0v) is 16.5. The summed E-state index contributed by atoms with van der Waals surface area (Å²) in [6.07, 6.45) is 2.20. The minimum atomic E-state index is -1.02. The molecular formula is C23H20N4O4. The van der Waals surface area contributed by atoms with Crippen LogP contribution in [0, 0.1) is 0 Å². The predicted molar refractivity (Wildman–Crippen MR) is 115 cm³/mol. The third-order valence-electron chi connectivity index (χ3n) is 4.66. The van der Waals surface area contributed by atoms with Gasteiger partial charge in [0.2, 0.25) is 0 Å². The number of aromatic amines is 1. The maximum atomic E-state index is 12.7. The van der Waals surface area contributed by atoms with E-state index in [0.29, 0.717) is 41.3 Å². The number of hydrogen-bond donors (Lipinski definition) is 3. The molecule has 0 aliphatic rings. The maximum absolute atomic E-state index is 12.7. The van der Waals surface area contributed by atoms with Crippen LogP contribution in [0.3, 0.4) is 0 Å². The average Bonchev–Trinajstić information content (AvgIpc) is 3.23. The van der Waals surface area contributed by atoms with Crippen LogP contribution in [0.2, 0.25) is 0 Å². The Labute approximate surface area is 177 Å². The lowest BCUT2D eigenvalue weighted by Gasteiger charge is -2.07. The summed E-state index contributed by atoms with van der Waals surface area (Å²) in [4.78, 5) is 35.3. The molecule has 0 saturated carbocycles. The number of nitrogens with zero attached hydrogens (tertiary/aromatic N) is 2. The third-order valence-corrected chi connectivity index (χ3v) is 4.66. The summed E-state index contributed by atoms with van der Waals surface area (Å²) in [7, 11) is 0. The van der Waals surface area contributed by atoms with Gasteiger partial charge in [0.05, 0.1) is 5.56 Å². The number of imidazole rings is 1. The lowest BCUT2D eigenvalue weighted by molar-refractivity contribution is -0.139. The number of fused-ring (bicyclic) bond motifs is 1. The highest BCUT2D eigenvalue weighted by atomic mass is 16.5. The number of ether oxygens (including phenoxy) is 1. The number of H-pyrrole nitrogens is 1. The van der Waals surface area contributed by atoms with Gasteiger partial charge in [-0.05, 0) is 30.2 Å². The van der Waals surface area contributed by atoms with Gasteiger partial charge < -0.3 is 20.1 Å². The fraction of sp³-hybridized carbons (Fsp3) is 0.130. The second-order valence-electron chi connectivity index (χ2n) is 6.84. The lowest BCUT2D eigenvalue weighted by Crippen LogP contribution is -2.26. The third kappa shape index (κ3) is 4.87. The number of amides is 1. The zero-order valence-electron chi connectivity index (χ0n) is 16.5. The Morgan fingerprint density at radius 1 is 1.03 bits per heavy atom. The summed E-state index contributed by atoms with van der Waals surface area (Å²) in [5.41, 5.74) is 3.46. The topological polar surface area (TPSA) is 117 Å². The van der Waals surface area contributed by atoms with Crippen molar-refractivity contribution in [2.24, 2.45) is 0 Å². The highest BCUT2D eigenvalue weighted by molar-refractivity contribution is 6.04. The molecule has 0 aliphatic carbocycles. The van der Waals surface area contributed by atoms with E-state index < -0.39 is 5.97 Å². The molecule has 0 bridgehead atoms. The number of carbonyl (C=O) groups is 2. The van der Waals surface area contributed by atoms with Gasteiger partial charge in [0, 0.05) is 18.3 Å². The molecule has 8 nitrogen and oxygen atoms in total. The SMILES string of the molecule is O=C(O)COc1ccc(CCNC(=O)c2ccnc3[nH]c(-c4ccccc4)nc23)cc1. The van der Waals surface area contributed by atoms with Crippen LogP contribution in [-0.4, -0.2) is 45.1 Å². The van der Waals surface area contributed by atoms with Crippen molar-refractivity contribution in [3.8, 4) is 17.1 Å². The molecule has 156 valence electrons. The first-order valence-corrected chi connectivity index (χ1v) is 9.72. The molecule has 0 atom stereocenters. The number of aliphatic carboxylic acids is 1. The van der Waals surface area contributed by atoms with Crippen molar-refractivity contribution in [3.63, 3.8) is 0 Å². The molecule has 31 heavy (non-hydrogen) atoms. The first kappa shape index (κ1) is 20.1. The van der Waals surface area contributed by atoms with Crippen molar-refractivity contribution < 1.29 is 19.4 Å². The molecular weight excluding hydrogens is 396 g/mol. The van der Waals surface area contributed by atoms with Crippen LogP contribution < -0.4 is 10.1 Å². The zero-order chi connectivity index (χ0) is 21.6. The smallest absolute Gasteiger partial charge is 0.341 e. The molecule has 2 heterocycles. The van der Waals surface area contributed by atoms with Gasteiger partial charge >= 0.3 is 5.97 Å². The normalized spacial score (nSPS) is 10.7. The van der Waals surface area contributed by atoms with Gasteiger partial charge in [0.1, 0.15) is 17.1 Å². The summed E-state index contributed by atoms with van der Waals surface area (Å²) in [5.74, 6) is -0.0968. The average molecular weight is 416 g/mol. The number of carboxylic acids is 1. The first-order chi connectivity index (χ1) is 15.1. The van der Waals surface area contributed by atoms with Crippen LogP contribution in [0.1, 0.15) is 15.9 Å². The highest BCUT2D eigenvalue weighted by Gasteiger charge is 2.15. The van der Waals surface area contributed by atoms with Crippen LogP contribution >= 0.6 is 0 Å². The Hall–Kier alpha value is -4.20. The second kappa shape index (κ2) is 9.08. The Morgan fingerprint density at radius 3 is 2.55 bits per heavy atom. The number of carboxylic acid groups (broad SMARTS) is 1. The molecule has 0 spiro atoms. The Morgan fingerprint density at radius 2 is 1.81 bits per heavy atom. The van der Waals surface area contributed by atoms with E-state index >= 15 is 0 Å². The van der Waals surface area contributed by atoms with Crippen LogP contribution in [0.15, 0.2) is 66.9 Å². The fourth-order valence-electron chi connectivity index (χ4n) is 3.14. The Kier molecular flexibility index (Phi) is 5.89. The second-order valence-corrected chi connectivity index (χ2v) is 6.84. The minimum Gasteiger partial charge on any atom is -0.482 e. The predicted octanol–water partition coefficient (Wildman–Crippen LogP) is 3.06. The van der Waals surface area contributed by atoms with E-state index in [1.165, 1.54) is 0 Å². The molecule has 0 unspecified atom stereocenters. The van der Waals surface area contributed by atoms with E-state index in [0.717, 1.165) is 11.1 Å². The molecule has 0 saturated heterocycles. The summed E-state index contributed by atoms with van der Waals surface area (Å²) in [6.45, 7) is 0.0585. The number of pyridine rings is 1. The number of benzene rings is 2. The van der Waals surface area contributed by atoms with Crippen molar-refractivity contribution in [2.75, 3.05) is 13.2 Å². The van der Waals surface area contributed by atoms with Gasteiger partial charge in [-0.1, -0.05) is 42.5 Å². The molecule has 4 aromatic rings. The number of rotatable bonds is 8. The molecule has 4 rings (SSSR count). The molecule has 2 aromatic carbocycles. The fourth-order valence-corrected chi connectivity index (χ4v) is 3.14. The number of hydrogen-bond acceptors (Lipinski definition) is 5. The van der Waals surface area contributed by atoms with Crippen LogP contribution in [0.25, 0.3) is 22.6 Å². The van der Waals surface area contributed by atoms with E-state index in [9.17, 15) is 9.59 Å². The molecule has 2 aromatic heterocycles. The highest BCUT2D eigenvalue weighted by Crippen LogP contribution is 2.21. The number of nitrogens with one attached hydrogen (secondary N) is 2. The van der Waals surface area contributed by atoms with Crippen molar-refractivity contribution in [1.29, 1.82) is 0 Å². The van der Waals surface area contributed by atoms with Crippen molar-refractivity contribution >= 4 is 23.0 Å². The van der Waals surface area contributed by atoms with E-state index in [1.807, 2.05) is 42.5 Å². The molecule has 0 fully saturated rings. The molecule has 8 heteroatoms. The van der Waals surface area contributed by atoms with Gasteiger partial charge in [0.25, 0.3) is 5.91 Å². The van der Waals surface area contributed by atoms with Crippen molar-refractivity contribution in [2.45, 2.75) is 6.42 Å². The van der Waals surface area contributed by atoms with Crippen LogP contribution in [-0.2, 0) is 11.2 Å². The quantitative estimate of drug-likeness (QED) is 0.406. The Bertz CT molecular complexity index is 1200. The monoisotopic (exact) mass is 416 g/mol. The van der Waals surface area contributed by atoms with Gasteiger partial charge in [-0.25, -0.2) is 14.8 Å². The lowest BCUT2D eigenvalue weighted by atomic mass is 10.1. The van der Waals surface area contributed by atoms with Crippen molar-refractivity contribution in [1.82, 2.24) is 20.3 Å². The van der Waals surface area contributed by atoms with Crippen molar-refractivity contribution in [3.05, 3.63) is 78.0 Å². The molecule has 0 radical (unpaired) electrons. The maximum Gasteiger partial charge on any atom is 0.341 e. The summed E-state index contributed by atoms with van der Waals surface area (Å²) in [5, 5.41) is 11.6. The van der Waals surface area contributed by atoms with Gasteiger partial charge in [-0.15, -0.1) is 0 Å². The van der Waals surface area contributed by atoms with Gasteiger partial charge in [-0.2, -0.15) is 0 Å². The summed E-state index contributed by atoms with van der Waals surface area (Å²) in [6, 6.07) is 18.4. The molecule has 3 N–H and O–H groups in total. The van der Waals surface area contributed by atoms with E-state index in [4.69, 9.17) is 9.84 Å². The van der Waals surface area contributed by atoms with E-state index in [2.05, 4.69) is 20.3 Å². The summed E-state index contributed by atoms with van der Waals surface area (Å²) < 4.78 is 5.11. The van der Waals surface area contributed by atoms with Gasteiger partial charge in [-0.3, -0.25) is 4.79 Å². The molecule has 0 aliphatic heterocycles. The number of aromatic nitrogens is 3. The van der Waals surface area contributed by atoms with Gasteiger partial charge in [0.15, 0.2) is 12.3 Å². The van der Waals surface area contributed by atoms with E-state index in [1.54, 1.807) is 24.4 Å². The summed E-state index contributed by atoms with van der Waals surface area (Å²) >= 11 is 0.